The van der Waals surface area contributed by atoms with Crippen LogP contribution in [0.3, 0.4) is 0 Å². The standard InChI is InChI=1S/C34H30BrCl2N3O4/c1-19(2)26-16-27(20(3)12-30(26)42-4)33-39-29-9-7-6-8-25(29)34(41)40(33)38-17-22-13-23(35)14-31(43-5)32(22)44-18-21-10-11-24(36)15-28(21)37/h6-17,19H,18H2,1-5H3. The first-order valence-corrected chi connectivity index (χ1v) is 15.4. The number of benzene rings is 4. The smallest absolute Gasteiger partial charge is 0.282 e. The van der Waals surface area contributed by atoms with Crippen molar-refractivity contribution in [1.82, 2.24) is 9.66 Å². The van der Waals surface area contributed by atoms with Crippen LogP contribution in [0.25, 0.3) is 22.3 Å². The predicted molar refractivity (Wildman–Crippen MR) is 181 cm³/mol. The molecule has 0 N–H and O–H groups in total. The van der Waals surface area contributed by atoms with Crippen LogP contribution in [0, 0.1) is 6.92 Å². The lowest BCUT2D eigenvalue weighted by atomic mass is 9.96. The van der Waals surface area contributed by atoms with E-state index in [4.69, 9.17) is 47.5 Å². The molecule has 1 aromatic heterocycles. The zero-order valence-corrected chi connectivity index (χ0v) is 27.9. The van der Waals surface area contributed by atoms with Gasteiger partial charge < -0.3 is 14.2 Å². The third-order valence-corrected chi connectivity index (χ3v) is 8.21. The van der Waals surface area contributed by atoms with Crippen molar-refractivity contribution in [3.63, 3.8) is 0 Å². The molecule has 1 heterocycles. The second kappa shape index (κ2) is 13.4. The molecule has 0 radical (unpaired) electrons. The quantitative estimate of drug-likeness (QED) is 0.144. The number of halogens is 3. The number of hydrogen-bond donors (Lipinski definition) is 0. The molecule has 44 heavy (non-hydrogen) atoms. The van der Waals surface area contributed by atoms with Gasteiger partial charge in [-0.2, -0.15) is 9.78 Å². The Kier molecular flexibility index (Phi) is 9.63. The molecule has 0 saturated heterocycles. The minimum atomic E-state index is -0.305. The van der Waals surface area contributed by atoms with Gasteiger partial charge in [-0.25, -0.2) is 4.98 Å². The van der Waals surface area contributed by atoms with Crippen LogP contribution in [-0.2, 0) is 6.61 Å². The Balaban J connectivity index is 1.67. The average Bonchev–Trinajstić information content (AvgIpc) is 3.00. The van der Waals surface area contributed by atoms with Gasteiger partial charge in [-0.15, -0.1) is 0 Å². The molecule has 0 saturated carbocycles. The second-order valence-corrected chi connectivity index (χ2v) is 12.2. The van der Waals surface area contributed by atoms with E-state index < -0.39 is 0 Å². The molecule has 0 spiro atoms. The van der Waals surface area contributed by atoms with E-state index in [0.29, 0.717) is 43.8 Å². The monoisotopic (exact) mass is 693 g/mol. The number of para-hydroxylation sites is 1. The summed E-state index contributed by atoms with van der Waals surface area (Å²) in [5.74, 6) is 2.27. The van der Waals surface area contributed by atoms with Crippen LogP contribution >= 0.6 is 39.1 Å². The van der Waals surface area contributed by atoms with E-state index in [2.05, 4.69) is 29.8 Å². The number of hydrogen-bond acceptors (Lipinski definition) is 6. The highest BCUT2D eigenvalue weighted by Crippen LogP contribution is 2.36. The Morgan fingerprint density at radius 2 is 1.75 bits per heavy atom. The fraction of sp³-hybridized carbons (Fsp3) is 0.206. The number of nitrogens with zero attached hydrogens (tertiary/aromatic N) is 3. The normalized spacial score (nSPS) is 11.5. The van der Waals surface area contributed by atoms with Crippen molar-refractivity contribution in [1.29, 1.82) is 0 Å². The van der Waals surface area contributed by atoms with Gasteiger partial charge in [0.25, 0.3) is 5.56 Å². The molecule has 5 aromatic rings. The summed E-state index contributed by atoms with van der Waals surface area (Å²) in [6.07, 6.45) is 1.57. The van der Waals surface area contributed by atoms with Gasteiger partial charge >= 0.3 is 0 Å². The summed E-state index contributed by atoms with van der Waals surface area (Å²) in [5, 5.41) is 6.17. The summed E-state index contributed by atoms with van der Waals surface area (Å²) < 4.78 is 19.6. The minimum Gasteiger partial charge on any atom is -0.496 e. The molecule has 0 aliphatic rings. The molecular weight excluding hydrogens is 665 g/mol. The SMILES string of the molecule is COc1cc(C)c(-c2nc3ccccc3c(=O)n2N=Cc2cc(Br)cc(OC)c2OCc2ccc(Cl)cc2Cl)cc1C(C)C. The molecule has 0 fully saturated rings. The summed E-state index contributed by atoms with van der Waals surface area (Å²) in [6, 6.07) is 20.1. The number of ether oxygens (including phenoxy) is 3. The van der Waals surface area contributed by atoms with Crippen molar-refractivity contribution in [2.45, 2.75) is 33.3 Å². The van der Waals surface area contributed by atoms with Crippen LogP contribution in [0.1, 0.15) is 42.0 Å². The molecule has 7 nitrogen and oxygen atoms in total. The largest absolute Gasteiger partial charge is 0.496 e. The summed E-state index contributed by atoms with van der Waals surface area (Å²) in [4.78, 5) is 18.9. The fourth-order valence-electron chi connectivity index (χ4n) is 4.87. The number of aromatic nitrogens is 2. The van der Waals surface area contributed by atoms with E-state index in [1.807, 2.05) is 43.3 Å². The highest BCUT2D eigenvalue weighted by molar-refractivity contribution is 9.10. The van der Waals surface area contributed by atoms with E-state index in [9.17, 15) is 4.79 Å². The zero-order chi connectivity index (χ0) is 31.5. The van der Waals surface area contributed by atoms with Crippen molar-refractivity contribution >= 4 is 56.2 Å². The Morgan fingerprint density at radius 3 is 2.45 bits per heavy atom. The van der Waals surface area contributed by atoms with Crippen LogP contribution in [0.5, 0.6) is 17.2 Å². The van der Waals surface area contributed by atoms with Crippen molar-refractivity contribution in [2.75, 3.05) is 14.2 Å². The maximum atomic E-state index is 13.9. The zero-order valence-electron chi connectivity index (χ0n) is 24.8. The van der Waals surface area contributed by atoms with Crippen LogP contribution in [0.2, 0.25) is 10.0 Å². The van der Waals surface area contributed by atoms with Gasteiger partial charge in [-0.3, -0.25) is 4.79 Å². The van der Waals surface area contributed by atoms with E-state index in [-0.39, 0.29) is 18.1 Å². The first-order valence-electron chi connectivity index (χ1n) is 13.8. The Bertz CT molecular complexity index is 1960. The molecule has 0 bridgehead atoms. The van der Waals surface area contributed by atoms with E-state index in [0.717, 1.165) is 32.5 Å². The summed E-state index contributed by atoms with van der Waals surface area (Å²) in [6.45, 7) is 6.30. The van der Waals surface area contributed by atoms with Crippen molar-refractivity contribution in [3.8, 4) is 28.6 Å². The van der Waals surface area contributed by atoms with Crippen molar-refractivity contribution in [2.24, 2.45) is 5.10 Å². The molecule has 0 atom stereocenters. The van der Waals surface area contributed by atoms with Gasteiger partial charge in [0.2, 0.25) is 0 Å². The molecule has 0 aliphatic carbocycles. The number of fused-ring (bicyclic) bond motifs is 1. The second-order valence-electron chi connectivity index (χ2n) is 10.4. The highest BCUT2D eigenvalue weighted by atomic mass is 79.9. The third kappa shape index (κ3) is 6.48. The van der Waals surface area contributed by atoms with Gasteiger partial charge in [0.1, 0.15) is 12.4 Å². The first-order chi connectivity index (χ1) is 21.1. The summed E-state index contributed by atoms with van der Waals surface area (Å²) in [7, 11) is 3.21. The summed E-state index contributed by atoms with van der Waals surface area (Å²) >= 11 is 16.0. The van der Waals surface area contributed by atoms with Gasteiger partial charge in [0, 0.05) is 31.2 Å². The lowest BCUT2D eigenvalue weighted by Gasteiger charge is -2.18. The topological polar surface area (TPSA) is 74.9 Å². The molecule has 0 aliphatic heterocycles. The van der Waals surface area contributed by atoms with Crippen LogP contribution in [-0.4, -0.2) is 30.1 Å². The molecule has 5 rings (SSSR count). The molecule has 4 aromatic carbocycles. The van der Waals surface area contributed by atoms with E-state index in [1.54, 1.807) is 50.8 Å². The first kappa shape index (κ1) is 31.6. The maximum absolute atomic E-state index is 13.9. The molecule has 10 heteroatoms. The lowest BCUT2D eigenvalue weighted by molar-refractivity contribution is 0.284. The lowest BCUT2D eigenvalue weighted by Crippen LogP contribution is -2.21. The van der Waals surface area contributed by atoms with Crippen LogP contribution in [0.15, 0.2) is 81.1 Å². The van der Waals surface area contributed by atoms with E-state index in [1.165, 1.54) is 4.68 Å². The molecule has 226 valence electrons. The third-order valence-electron chi connectivity index (χ3n) is 7.16. The number of aryl methyl sites for hydroxylation is 1. The van der Waals surface area contributed by atoms with Crippen LogP contribution < -0.4 is 19.8 Å². The molecular formula is C34H30BrCl2N3O4. The Hall–Kier alpha value is -3.85. The number of rotatable bonds is 9. The Labute approximate surface area is 274 Å². The van der Waals surface area contributed by atoms with Gasteiger partial charge in [-0.05, 0) is 72.5 Å². The van der Waals surface area contributed by atoms with Gasteiger partial charge in [0.05, 0.1) is 31.3 Å². The fourth-order valence-corrected chi connectivity index (χ4v) is 5.79. The predicted octanol–water partition coefficient (Wildman–Crippen LogP) is 9.04. The van der Waals surface area contributed by atoms with Gasteiger partial charge in [-0.1, -0.05) is 71.2 Å². The van der Waals surface area contributed by atoms with Crippen molar-refractivity contribution < 1.29 is 14.2 Å². The molecule has 0 unspecified atom stereocenters. The Morgan fingerprint density at radius 1 is 1.00 bits per heavy atom. The number of methoxy groups -OCH3 is 2. The highest BCUT2D eigenvalue weighted by Gasteiger charge is 2.19. The van der Waals surface area contributed by atoms with Crippen LogP contribution in [0.4, 0.5) is 0 Å². The van der Waals surface area contributed by atoms with E-state index >= 15 is 0 Å². The molecule has 0 amide bonds. The van der Waals surface area contributed by atoms with Crippen molar-refractivity contribution in [3.05, 3.63) is 114 Å². The van der Waals surface area contributed by atoms with Gasteiger partial charge in [0.15, 0.2) is 17.3 Å². The summed E-state index contributed by atoms with van der Waals surface area (Å²) in [5.41, 5.74) is 4.26. The minimum absolute atomic E-state index is 0.153. The average molecular weight is 695 g/mol. The maximum Gasteiger partial charge on any atom is 0.282 e.